The van der Waals surface area contributed by atoms with Gasteiger partial charge in [0.05, 0.1) is 14.2 Å². The molecule has 0 radical (unpaired) electrons. The van der Waals surface area contributed by atoms with Crippen molar-refractivity contribution >= 4 is 29.3 Å². The van der Waals surface area contributed by atoms with Gasteiger partial charge in [-0.3, -0.25) is 4.79 Å². The van der Waals surface area contributed by atoms with Gasteiger partial charge in [0.25, 0.3) is 5.91 Å². The van der Waals surface area contributed by atoms with Crippen molar-refractivity contribution in [3.63, 3.8) is 0 Å². The van der Waals surface area contributed by atoms with E-state index >= 15 is 0 Å². The van der Waals surface area contributed by atoms with Gasteiger partial charge in [-0.2, -0.15) is 0 Å². The van der Waals surface area contributed by atoms with Gasteiger partial charge in [-0.1, -0.05) is 23.7 Å². The number of hydrogen-bond donors (Lipinski definition) is 1. The third-order valence-corrected chi connectivity index (χ3v) is 3.83. The summed E-state index contributed by atoms with van der Waals surface area (Å²) < 4.78 is 10.5. The Balaban J connectivity index is 2.21. The van der Waals surface area contributed by atoms with Crippen molar-refractivity contribution in [1.29, 1.82) is 0 Å². The number of anilines is 1. The van der Waals surface area contributed by atoms with Crippen LogP contribution >= 0.6 is 11.6 Å². The Morgan fingerprint density at radius 1 is 1.08 bits per heavy atom. The van der Waals surface area contributed by atoms with Crippen molar-refractivity contribution in [3.8, 4) is 11.5 Å². The third-order valence-electron chi connectivity index (χ3n) is 3.60. The van der Waals surface area contributed by atoms with Crippen molar-refractivity contribution in [1.82, 2.24) is 0 Å². The molecule has 0 spiro atoms. The van der Waals surface area contributed by atoms with E-state index in [4.69, 9.17) is 21.1 Å². The van der Waals surface area contributed by atoms with Gasteiger partial charge in [0, 0.05) is 16.3 Å². The summed E-state index contributed by atoms with van der Waals surface area (Å²) in [6, 6.07) is 10.9. The van der Waals surface area contributed by atoms with Crippen LogP contribution in [0.5, 0.6) is 11.5 Å². The number of ether oxygens (including phenoxy) is 2. The summed E-state index contributed by atoms with van der Waals surface area (Å²) in [5.41, 5.74) is 3.07. The molecule has 2 rings (SSSR count). The van der Waals surface area contributed by atoms with E-state index in [2.05, 4.69) is 5.32 Å². The molecule has 0 saturated carbocycles. The van der Waals surface area contributed by atoms with Crippen molar-refractivity contribution in [2.75, 3.05) is 19.5 Å². The van der Waals surface area contributed by atoms with E-state index in [1.807, 2.05) is 25.1 Å². The predicted molar refractivity (Wildman–Crippen MR) is 98.0 cm³/mol. The van der Waals surface area contributed by atoms with Gasteiger partial charge in [0.2, 0.25) is 0 Å². The number of benzene rings is 2. The first-order valence-electron chi connectivity index (χ1n) is 7.42. The zero-order valence-electron chi connectivity index (χ0n) is 14.1. The second-order valence-electron chi connectivity index (χ2n) is 5.36. The molecule has 5 heteroatoms. The number of amides is 1. The van der Waals surface area contributed by atoms with Crippen LogP contribution in [0.4, 0.5) is 5.69 Å². The van der Waals surface area contributed by atoms with Gasteiger partial charge in [0.1, 0.15) is 0 Å². The summed E-state index contributed by atoms with van der Waals surface area (Å²) in [5, 5.41) is 3.46. The minimum absolute atomic E-state index is 0.185. The second-order valence-corrected chi connectivity index (χ2v) is 5.79. The van der Waals surface area contributed by atoms with Crippen LogP contribution in [0.25, 0.3) is 6.08 Å². The SMILES string of the molecule is COc1ccc(/C=C(\C)C(=O)Nc2cc(Cl)ccc2C)cc1OC. The number of rotatable bonds is 5. The molecule has 24 heavy (non-hydrogen) atoms. The van der Waals surface area contributed by atoms with E-state index in [9.17, 15) is 4.79 Å². The van der Waals surface area contributed by atoms with E-state index in [0.29, 0.717) is 27.8 Å². The molecule has 4 nitrogen and oxygen atoms in total. The number of aryl methyl sites for hydroxylation is 1. The third kappa shape index (κ3) is 4.30. The quantitative estimate of drug-likeness (QED) is 0.798. The van der Waals surface area contributed by atoms with E-state index < -0.39 is 0 Å². The molecule has 0 bridgehead atoms. The van der Waals surface area contributed by atoms with Crippen molar-refractivity contribution < 1.29 is 14.3 Å². The van der Waals surface area contributed by atoms with Crippen LogP contribution in [0.2, 0.25) is 5.02 Å². The maximum absolute atomic E-state index is 12.4. The molecule has 0 atom stereocenters. The Labute approximate surface area is 147 Å². The van der Waals surface area contributed by atoms with Crippen LogP contribution in [0, 0.1) is 6.92 Å². The molecule has 1 amide bonds. The lowest BCUT2D eigenvalue weighted by Crippen LogP contribution is -2.13. The Bertz CT molecular complexity index is 784. The Hall–Kier alpha value is -2.46. The number of carbonyl (C=O) groups is 1. The monoisotopic (exact) mass is 345 g/mol. The van der Waals surface area contributed by atoms with E-state index in [0.717, 1.165) is 11.1 Å². The van der Waals surface area contributed by atoms with Crippen LogP contribution in [0.1, 0.15) is 18.1 Å². The van der Waals surface area contributed by atoms with Crippen LogP contribution in [0.3, 0.4) is 0 Å². The Morgan fingerprint density at radius 2 is 1.79 bits per heavy atom. The molecule has 0 heterocycles. The molecular formula is C19H20ClNO3. The molecule has 0 aromatic heterocycles. The zero-order valence-corrected chi connectivity index (χ0v) is 14.9. The molecule has 0 fully saturated rings. The maximum atomic E-state index is 12.4. The fourth-order valence-corrected chi connectivity index (χ4v) is 2.38. The molecule has 0 aliphatic heterocycles. The highest BCUT2D eigenvalue weighted by Gasteiger charge is 2.09. The Kier molecular flexibility index (Phi) is 5.88. The number of carbonyl (C=O) groups excluding carboxylic acids is 1. The van der Waals surface area contributed by atoms with Crippen molar-refractivity contribution in [2.45, 2.75) is 13.8 Å². The average Bonchev–Trinajstić information content (AvgIpc) is 2.57. The average molecular weight is 346 g/mol. The largest absolute Gasteiger partial charge is 0.493 e. The van der Waals surface area contributed by atoms with Gasteiger partial charge < -0.3 is 14.8 Å². The first-order valence-corrected chi connectivity index (χ1v) is 7.80. The highest BCUT2D eigenvalue weighted by Crippen LogP contribution is 2.28. The van der Waals surface area contributed by atoms with Gasteiger partial charge in [-0.15, -0.1) is 0 Å². The smallest absolute Gasteiger partial charge is 0.251 e. The summed E-state index contributed by atoms with van der Waals surface area (Å²) in [5.74, 6) is 1.08. The van der Waals surface area contributed by atoms with Crippen LogP contribution in [-0.2, 0) is 4.79 Å². The number of halogens is 1. The van der Waals surface area contributed by atoms with Crippen LogP contribution < -0.4 is 14.8 Å². The van der Waals surface area contributed by atoms with E-state index in [1.165, 1.54) is 0 Å². The maximum Gasteiger partial charge on any atom is 0.251 e. The number of hydrogen-bond acceptors (Lipinski definition) is 3. The molecule has 2 aromatic rings. The molecular weight excluding hydrogens is 326 g/mol. The summed E-state index contributed by atoms with van der Waals surface area (Å²) >= 11 is 5.98. The fraction of sp³-hybridized carbons (Fsp3) is 0.211. The van der Waals surface area contributed by atoms with E-state index in [1.54, 1.807) is 45.4 Å². The molecule has 0 aliphatic rings. The topological polar surface area (TPSA) is 47.6 Å². The zero-order chi connectivity index (χ0) is 17.7. The van der Waals surface area contributed by atoms with Crippen LogP contribution in [0.15, 0.2) is 42.0 Å². The van der Waals surface area contributed by atoms with Gasteiger partial charge in [0.15, 0.2) is 11.5 Å². The molecule has 0 aliphatic carbocycles. The number of methoxy groups -OCH3 is 2. The summed E-state index contributed by atoms with van der Waals surface area (Å²) in [7, 11) is 3.16. The first-order chi connectivity index (χ1) is 11.4. The van der Waals surface area contributed by atoms with Crippen molar-refractivity contribution in [3.05, 3.63) is 58.1 Å². The standard InChI is InChI=1S/C19H20ClNO3/c1-12-5-7-15(20)11-16(12)21-19(22)13(2)9-14-6-8-17(23-3)18(10-14)24-4/h5-11H,1-4H3,(H,21,22)/b13-9+. The lowest BCUT2D eigenvalue weighted by atomic mass is 10.1. The summed E-state index contributed by atoms with van der Waals surface area (Å²) in [4.78, 5) is 12.4. The highest BCUT2D eigenvalue weighted by molar-refractivity contribution is 6.31. The minimum Gasteiger partial charge on any atom is -0.493 e. The molecule has 2 aromatic carbocycles. The predicted octanol–water partition coefficient (Wildman–Crippen LogP) is 4.71. The van der Waals surface area contributed by atoms with Crippen LogP contribution in [-0.4, -0.2) is 20.1 Å². The molecule has 0 unspecified atom stereocenters. The minimum atomic E-state index is -0.185. The van der Waals surface area contributed by atoms with E-state index in [-0.39, 0.29) is 5.91 Å². The first kappa shape index (κ1) is 17.9. The van der Waals surface area contributed by atoms with Crippen molar-refractivity contribution in [2.24, 2.45) is 0 Å². The number of nitrogens with one attached hydrogen (secondary N) is 1. The lowest BCUT2D eigenvalue weighted by molar-refractivity contribution is -0.112. The lowest BCUT2D eigenvalue weighted by Gasteiger charge is -2.10. The Morgan fingerprint density at radius 3 is 2.46 bits per heavy atom. The van der Waals surface area contributed by atoms with Gasteiger partial charge in [-0.25, -0.2) is 0 Å². The van der Waals surface area contributed by atoms with Gasteiger partial charge >= 0.3 is 0 Å². The summed E-state index contributed by atoms with van der Waals surface area (Å²) in [6.07, 6.45) is 1.79. The molecule has 0 saturated heterocycles. The molecule has 1 N–H and O–H groups in total. The summed E-state index contributed by atoms with van der Waals surface area (Å²) in [6.45, 7) is 3.67. The normalized spacial score (nSPS) is 11.1. The van der Waals surface area contributed by atoms with Gasteiger partial charge in [-0.05, 0) is 55.3 Å². The molecule has 126 valence electrons. The second kappa shape index (κ2) is 7.88. The highest BCUT2D eigenvalue weighted by atomic mass is 35.5. The fourth-order valence-electron chi connectivity index (χ4n) is 2.21.